The van der Waals surface area contributed by atoms with Crippen LogP contribution in [-0.4, -0.2) is 51.8 Å². The van der Waals surface area contributed by atoms with Crippen molar-refractivity contribution in [1.29, 1.82) is 0 Å². The first kappa shape index (κ1) is 51.2. The first-order valence-electron chi connectivity index (χ1n) is 21.3. The fourth-order valence-corrected chi connectivity index (χ4v) is 12.9. The first-order chi connectivity index (χ1) is 29.6. The van der Waals surface area contributed by atoms with Crippen molar-refractivity contribution in [1.82, 2.24) is 0 Å². The van der Waals surface area contributed by atoms with Gasteiger partial charge >= 0.3 is 0 Å². The maximum absolute atomic E-state index is 6.30. The van der Waals surface area contributed by atoms with E-state index < -0.39 is 0 Å². The predicted octanol–water partition coefficient (Wildman–Crippen LogP) is 17.4. The average Bonchev–Trinajstić information content (AvgIpc) is 4.16. The number of ether oxygens (including phenoxy) is 6. The van der Waals surface area contributed by atoms with E-state index in [4.69, 9.17) is 28.4 Å². The SMILES string of the molecule is CC(C)(c1cc(Br)c(OCCCCCCOc2c(Br)cc(C(C)(C)c3cc(Br)c(OCCCCC4CO4)c(Br)c3)cc2Br)c(Br)c1)c1cc(Br)c(OCCCCC2CO2)c(Br)c1. The molecule has 4 aromatic rings. The Bertz CT molecular complexity index is 1910. The van der Waals surface area contributed by atoms with E-state index in [1.165, 1.54) is 11.1 Å². The van der Waals surface area contributed by atoms with Gasteiger partial charge in [0.1, 0.15) is 23.0 Å². The summed E-state index contributed by atoms with van der Waals surface area (Å²) in [5, 5.41) is 0. The van der Waals surface area contributed by atoms with E-state index in [-0.39, 0.29) is 10.8 Å². The van der Waals surface area contributed by atoms with Crippen LogP contribution < -0.4 is 18.9 Å². The van der Waals surface area contributed by atoms with Crippen LogP contribution in [0.1, 0.15) is 114 Å². The minimum atomic E-state index is -0.285. The molecule has 0 N–H and O–H groups in total. The molecule has 0 saturated carbocycles. The molecule has 0 aromatic heterocycles. The van der Waals surface area contributed by atoms with E-state index in [0.717, 1.165) is 147 Å². The zero-order chi connectivity index (χ0) is 44.6. The number of benzene rings is 4. The Morgan fingerprint density at radius 3 is 0.806 bits per heavy atom. The molecule has 2 aliphatic rings. The van der Waals surface area contributed by atoms with Crippen LogP contribution in [0.2, 0.25) is 0 Å². The summed E-state index contributed by atoms with van der Waals surface area (Å²) in [6.45, 7) is 13.4. The zero-order valence-corrected chi connectivity index (χ0v) is 48.2. The molecule has 0 bridgehead atoms. The fourth-order valence-electron chi connectivity index (χ4n) is 7.24. The quantitative estimate of drug-likeness (QED) is 0.0487. The average molecular weight is 1370 g/mol. The molecule has 2 unspecified atom stereocenters. The summed E-state index contributed by atoms with van der Waals surface area (Å²) in [4.78, 5) is 0. The molecule has 4 aromatic carbocycles. The van der Waals surface area contributed by atoms with Gasteiger partial charge in [-0.05, 0) is 262 Å². The van der Waals surface area contributed by atoms with Crippen LogP contribution >= 0.6 is 127 Å². The highest BCUT2D eigenvalue weighted by molar-refractivity contribution is 9.12. The zero-order valence-electron chi connectivity index (χ0n) is 35.6. The maximum Gasteiger partial charge on any atom is 0.147 e. The monoisotopic (exact) mass is 1360 g/mol. The maximum atomic E-state index is 6.30. The highest BCUT2D eigenvalue weighted by atomic mass is 79.9. The molecule has 6 nitrogen and oxygen atoms in total. The number of rotatable bonds is 25. The summed E-state index contributed by atoms with van der Waals surface area (Å²) >= 11 is 30.3. The lowest BCUT2D eigenvalue weighted by atomic mass is 9.78. The molecule has 2 saturated heterocycles. The van der Waals surface area contributed by atoms with Gasteiger partial charge in [0.2, 0.25) is 0 Å². The van der Waals surface area contributed by atoms with Gasteiger partial charge in [-0.25, -0.2) is 0 Å². The highest BCUT2D eigenvalue weighted by Crippen LogP contribution is 2.46. The standard InChI is InChI=1S/C48H54Br8O6/c1-47(2,31-23-39(53)45(40(54)24-31)59-17-11-7-13-33-27-61-33)29-19-35(49)43(36(50)20-29)57-15-9-5-6-10-16-58-44-37(51)21-30(22-38(44)52)48(3,4)32-25-41(55)46(42(56)26-32)60-18-12-8-14-34-28-62-34/h19-26,33-34H,5-18,27-28H2,1-4H3. The molecule has 14 heteroatoms. The van der Waals surface area contributed by atoms with E-state index in [2.05, 4.69) is 204 Å². The van der Waals surface area contributed by atoms with Gasteiger partial charge in [0.05, 0.1) is 87.6 Å². The van der Waals surface area contributed by atoms with Crippen LogP contribution in [0, 0.1) is 0 Å². The van der Waals surface area contributed by atoms with Gasteiger partial charge < -0.3 is 28.4 Å². The molecule has 0 aliphatic carbocycles. The minimum absolute atomic E-state index is 0.285. The van der Waals surface area contributed by atoms with E-state index >= 15 is 0 Å². The first-order valence-corrected chi connectivity index (χ1v) is 27.6. The van der Waals surface area contributed by atoms with Gasteiger partial charge in [0, 0.05) is 10.8 Å². The lowest BCUT2D eigenvalue weighted by Crippen LogP contribution is -2.19. The van der Waals surface area contributed by atoms with E-state index in [1.54, 1.807) is 0 Å². The second-order valence-electron chi connectivity index (χ2n) is 17.0. The molecule has 0 radical (unpaired) electrons. The van der Waals surface area contributed by atoms with Crippen molar-refractivity contribution in [2.45, 2.75) is 115 Å². The molecule has 2 aliphatic heterocycles. The number of unbranched alkanes of at least 4 members (excludes halogenated alkanes) is 5. The number of halogens is 8. The second kappa shape index (κ2) is 23.7. The molecule has 0 spiro atoms. The van der Waals surface area contributed by atoms with Crippen molar-refractivity contribution < 1.29 is 28.4 Å². The van der Waals surface area contributed by atoms with Gasteiger partial charge in [-0.3, -0.25) is 0 Å². The van der Waals surface area contributed by atoms with Gasteiger partial charge in [0.25, 0.3) is 0 Å². The van der Waals surface area contributed by atoms with Crippen molar-refractivity contribution in [3.63, 3.8) is 0 Å². The fraction of sp³-hybridized carbons (Fsp3) is 0.500. The third kappa shape index (κ3) is 14.2. The van der Waals surface area contributed by atoms with Gasteiger partial charge in [-0.15, -0.1) is 0 Å². The summed E-state index contributed by atoms with van der Waals surface area (Å²) in [5.41, 5.74) is 4.08. The van der Waals surface area contributed by atoms with Gasteiger partial charge in [0.15, 0.2) is 0 Å². The van der Waals surface area contributed by atoms with Crippen LogP contribution in [0.15, 0.2) is 84.3 Å². The summed E-state index contributed by atoms with van der Waals surface area (Å²) in [7, 11) is 0. The Morgan fingerprint density at radius 1 is 0.387 bits per heavy atom. The van der Waals surface area contributed by atoms with Crippen molar-refractivity contribution in [3.8, 4) is 23.0 Å². The molecule has 338 valence electrons. The highest BCUT2D eigenvalue weighted by Gasteiger charge is 2.29. The Hall–Kier alpha value is -0.160. The van der Waals surface area contributed by atoms with Crippen LogP contribution in [-0.2, 0) is 20.3 Å². The summed E-state index contributed by atoms with van der Waals surface area (Å²) in [6, 6.07) is 17.3. The molecule has 0 amide bonds. The molecule has 2 heterocycles. The van der Waals surface area contributed by atoms with Crippen LogP contribution in [0.25, 0.3) is 0 Å². The predicted molar refractivity (Wildman–Crippen MR) is 279 cm³/mol. The molecule has 2 fully saturated rings. The lowest BCUT2D eigenvalue weighted by Gasteiger charge is -2.28. The lowest BCUT2D eigenvalue weighted by molar-refractivity contribution is 0.284. The van der Waals surface area contributed by atoms with Crippen molar-refractivity contribution in [2.75, 3.05) is 39.6 Å². The minimum Gasteiger partial charge on any atom is -0.491 e. The largest absolute Gasteiger partial charge is 0.491 e. The second-order valence-corrected chi connectivity index (χ2v) is 23.9. The van der Waals surface area contributed by atoms with Gasteiger partial charge in [-0.1, -0.05) is 27.7 Å². The summed E-state index contributed by atoms with van der Waals surface area (Å²) in [5.74, 6) is 3.32. The van der Waals surface area contributed by atoms with Crippen molar-refractivity contribution in [2.24, 2.45) is 0 Å². The summed E-state index contributed by atoms with van der Waals surface area (Å²) < 4.78 is 43.0. The van der Waals surface area contributed by atoms with Gasteiger partial charge in [-0.2, -0.15) is 0 Å². The Labute approximate surface area is 435 Å². The molecule has 6 rings (SSSR count). The smallest absolute Gasteiger partial charge is 0.147 e. The van der Waals surface area contributed by atoms with Crippen LogP contribution in [0.4, 0.5) is 0 Å². The van der Waals surface area contributed by atoms with Crippen LogP contribution in [0.3, 0.4) is 0 Å². The molecule has 62 heavy (non-hydrogen) atoms. The topological polar surface area (TPSA) is 62.0 Å². The van der Waals surface area contributed by atoms with Crippen molar-refractivity contribution in [3.05, 3.63) is 107 Å². The third-order valence-corrected chi connectivity index (χ3v) is 16.3. The number of hydrogen-bond donors (Lipinski definition) is 0. The normalized spacial score (nSPS) is 16.1. The number of hydrogen-bond acceptors (Lipinski definition) is 6. The Kier molecular flexibility index (Phi) is 19.6. The van der Waals surface area contributed by atoms with E-state index in [0.29, 0.717) is 38.6 Å². The Balaban J connectivity index is 0.934. The van der Waals surface area contributed by atoms with E-state index in [1.807, 2.05) is 0 Å². The molecular weight excluding hydrogens is 1310 g/mol. The summed E-state index contributed by atoms with van der Waals surface area (Å²) in [6.07, 6.45) is 11.4. The Morgan fingerprint density at radius 2 is 0.597 bits per heavy atom. The third-order valence-electron chi connectivity index (χ3n) is 11.5. The van der Waals surface area contributed by atoms with Crippen LogP contribution in [0.5, 0.6) is 23.0 Å². The van der Waals surface area contributed by atoms with E-state index in [9.17, 15) is 0 Å². The molecular formula is C48H54Br8O6. The molecule has 2 atom stereocenters. The van der Waals surface area contributed by atoms with Crippen molar-refractivity contribution >= 4 is 127 Å². The number of epoxide rings is 2.